The molecular weight excluding hydrogens is 248 g/mol. The van der Waals surface area contributed by atoms with Crippen molar-refractivity contribution in [3.63, 3.8) is 0 Å². The van der Waals surface area contributed by atoms with Crippen molar-refractivity contribution in [2.75, 3.05) is 6.54 Å². The Morgan fingerprint density at radius 2 is 1.85 bits per heavy atom. The van der Waals surface area contributed by atoms with Gasteiger partial charge in [0.05, 0.1) is 0 Å². The van der Waals surface area contributed by atoms with Crippen LogP contribution in [0.1, 0.15) is 47.9 Å². The summed E-state index contributed by atoms with van der Waals surface area (Å²) in [5.74, 6) is 0.205. The van der Waals surface area contributed by atoms with Crippen molar-refractivity contribution in [1.82, 2.24) is 10.6 Å². The first kappa shape index (κ1) is 15.0. The Bertz CT molecular complexity index is 478. The number of carbonyl (C=O) groups excluding carboxylic acids is 1. The predicted octanol–water partition coefficient (Wildman–Crippen LogP) is 2.76. The molecule has 0 atom stereocenters. The van der Waals surface area contributed by atoms with Crippen LogP contribution in [0.2, 0.25) is 0 Å². The average Bonchev–Trinajstić information content (AvgIpc) is 3.18. The predicted molar refractivity (Wildman–Crippen MR) is 82.8 cm³/mol. The van der Waals surface area contributed by atoms with Crippen molar-refractivity contribution in [2.45, 2.75) is 59.0 Å². The Balaban J connectivity index is 1.65. The van der Waals surface area contributed by atoms with Gasteiger partial charge in [-0.3, -0.25) is 4.79 Å². The highest BCUT2D eigenvalue weighted by atomic mass is 16.1. The van der Waals surface area contributed by atoms with Crippen molar-refractivity contribution in [1.29, 1.82) is 0 Å². The molecule has 1 aliphatic rings. The zero-order chi connectivity index (χ0) is 14.5. The van der Waals surface area contributed by atoms with Gasteiger partial charge in [-0.15, -0.1) is 0 Å². The Labute approximate surface area is 122 Å². The second kappa shape index (κ2) is 6.89. The van der Waals surface area contributed by atoms with Gasteiger partial charge in [0.25, 0.3) is 0 Å². The summed E-state index contributed by atoms with van der Waals surface area (Å²) in [4.78, 5) is 11.5. The molecule has 0 heterocycles. The fraction of sp³-hybridized carbons (Fsp3) is 0.588. The van der Waals surface area contributed by atoms with Gasteiger partial charge in [0, 0.05) is 19.0 Å². The second-order valence-electron chi connectivity index (χ2n) is 5.99. The standard InChI is InChI=1S/C17H26N2O/c1-12-9-14(3)15(10-13(12)2)11-18-8-4-5-17(20)19-16-6-7-16/h9-10,16,18H,4-8,11H2,1-3H3,(H,19,20). The molecule has 0 bridgehead atoms. The first-order valence-corrected chi connectivity index (χ1v) is 7.63. The Hall–Kier alpha value is -1.35. The molecule has 2 N–H and O–H groups in total. The van der Waals surface area contributed by atoms with Crippen LogP contribution in [0.5, 0.6) is 0 Å². The molecule has 1 saturated carbocycles. The molecule has 0 spiro atoms. The Kier molecular flexibility index (Phi) is 5.18. The lowest BCUT2D eigenvalue weighted by Crippen LogP contribution is -2.26. The quantitative estimate of drug-likeness (QED) is 0.751. The van der Waals surface area contributed by atoms with Gasteiger partial charge < -0.3 is 10.6 Å². The fourth-order valence-electron chi connectivity index (χ4n) is 2.34. The highest BCUT2D eigenvalue weighted by molar-refractivity contribution is 5.76. The molecule has 0 saturated heterocycles. The van der Waals surface area contributed by atoms with Crippen LogP contribution in [0.4, 0.5) is 0 Å². The van der Waals surface area contributed by atoms with Crippen molar-refractivity contribution >= 4 is 5.91 Å². The number of hydrogen-bond donors (Lipinski definition) is 2. The highest BCUT2D eigenvalue weighted by Gasteiger charge is 2.22. The lowest BCUT2D eigenvalue weighted by Gasteiger charge is -2.11. The number of aryl methyl sites for hydroxylation is 3. The molecule has 1 aromatic carbocycles. The summed E-state index contributed by atoms with van der Waals surface area (Å²) in [6, 6.07) is 4.99. The summed E-state index contributed by atoms with van der Waals surface area (Å²) in [5.41, 5.74) is 5.39. The Morgan fingerprint density at radius 3 is 2.55 bits per heavy atom. The number of rotatable bonds is 7. The largest absolute Gasteiger partial charge is 0.353 e. The molecule has 20 heavy (non-hydrogen) atoms. The highest BCUT2D eigenvalue weighted by Crippen LogP contribution is 2.18. The van der Waals surface area contributed by atoms with E-state index in [2.05, 4.69) is 43.5 Å². The van der Waals surface area contributed by atoms with Crippen molar-refractivity contribution in [3.8, 4) is 0 Å². The number of carbonyl (C=O) groups is 1. The molecule has 0 unspecified atom stereocenters. The molecule has 3 nitrogen and oxygen atoms in total. The third-order valence-corrected chi connectivity index (χ3v) is 3.97. The van der Waals surface area contributed by atoms with E-state index in [-0.39, 0.29) is 5.91 Å². The van der Waals surface area contributed by atoms with Gasteiger partial charge in [-0.25, -0.2) is 0 Å². The maximum atomic E-state index is 11.5. The molecule has 1 aliphatic carbocycles. The summed E-state index contributed by atoms with van der Waals surface area (Å²) in [7, 11) is 0. The molecule has 3 heteroatoms. The van der Waals surface area contributed by atoms with Crippen LogP contribution >= 0.6 is 0 Å². The molecular formula is C17H26N2O. The lowest BCUT2D eigenvalue weighted by molar-refractivity contribution is -0.121. The minimum atomic E-state index is 0.205. The van der Waals surface area contributed by atoms with Gasteiger partial charge >= 0.3 is 0 Å². The molecule has 1 amide bonds. The van der Waals surface area contributed by atoms with Gasteiger partial charge in [0.1, 0.15) is 0 Å². The smallest absolute Gasteiger partial charge is 0.220 e. The molecule has 0 aromatic heterocycles. The third kappa shape index (κ3) is 4.64. The molecule has 0 radical (unpaired) electrons. The van der Waals surface area contributed by atoms with Crippen LogP contribution in [0.3, 0.4) is 0 Å². The van der Waals surface area contributed by atoms with Crippen LogP contribution in [0.15, 0.2) is 12.1 Å². The van der Waals surface area contributed by atoms with Gasteiger partial charge in [0.15, 0.2) is 0 Å². The summed E-state index contributed by atoms with van der Waals surface area (Å²) in [6.45, 7) is 8.24. The number of amides is 1. The summed E-state index contributed by atoms with van der Waals surface area (Å²) in [5, 5.41) is 6.45. The molecule has 1 fully saturated rings. The van der Waals surface area contributed by atoms with Crippen LogP contribution < -0.4 is 10.6 Å². The van der Waals surface area contributed by atoms with Gasteiger partial charge in [-0.1, -0.05) is 12.1 Å². The van der Waals surface area contributed by atoms with E-state index < -0.39 is 0 Å². The van der Waals surface area contributed by atoms with Gasteiger partial charge in [-0.05, 0) is 68.8 Å². The third-order valence-electron chi connectivity index (χ3n) is 3.97. The first-order chi connectivity index (χ1) is 9.56. The number of benzene rings is 1. The maximum absolute atomic E-state index is 11.5. The number of hydrogen-bond acceptors (Lipinski definition) is 2. The topological polar surface area (TPSA) is 41.1 Å². The SMILES string of the molecule is Cc1cc(C)c(CNCCCC(=O)NC2CC2)cc1C. The average molecular weight is 274 g/mol. The van der Waals surface area contributed by atoms with E-state index in [0.29, 0.717) is 12.5 Å². The zero-order valence-electron chi connectivity index (χ0n) is 12.9. The Morgan fingerprint density at radius 1 is 1.15 bits per heavy atom. The van der Waals surface area contributed by atoms with E-state index in [1.807, 2.05) is 0 Å². The van der Waals surface area contributed by atoms with E-state index in [4.69, 9.17) is 0 Å². The van der Waals surface area contributed by atoms with Crippen molar-refractivity contribution in [3.05, 3.63) is 34.4 Å². The number of nitrogens with one attached hydrogen (secondary N) is 2. The minimum Gasteiger partial charge on any atom is -0.353 e. The summed E-state index contributed by atoms with van der Waals surface area (Å²) >= 11 is 0. The minimum absolute atomic E-state index is 0.205. The maximum Gasteiger partial charge on any atom is 0.220 e. The monoisotopic (exact) mass is 274 g/mol. The zero-order valence-corrected chi connectivity index (χ0v) is 12.9. The summed E-state index contributed by atoms with van der Waals surface area (Å²) < 4.78 is 0. The molecule has 1 aromatic rings. The van der Waals surface area contributed by atoms with E-state index in [9.17, 15) is 4.79 Å². The van der Waals surface area contributed by atoms with E-state index in [1.54, 1.807) is 0 Å². The first-order valence-electron chi connectivity index (χ1n) is 7.63. The summed E-state index contributed by atoms with van der Waals surface area (Å²) in [6.07, 6.45) is 3.87. The molecule has 2 rings (SSSR count). The van der Waals surface area contributed by atoms with E-state index >= 15 is 0 Å². The van der Waals surface area contributed by atoms with Crippen molar-refractivity contribution < 1.29 is 4.79 Å². The van der Waals surface area contributed by atoms with Gasteiger partial charge in [-0.2, -0.15) is 0 Å². The van der Waals surface area contributed by atoms with E-state index in [0.717, 1.165) is 32.4 Å². The second-order valence-corrected chi connectivity index (χ2v) is 5.99. The normalized spacial score (nSPS) is 14.3. The molecule has 0 aliphatic heterocycles. The van der Waals surface area contributed by atoms with Crippen LogP contribution in [-0.2, 0) is 11.3 Å². The van der Waals surface area contributed by atoms with Crippen LogP contribution in [-0.4, -0.2) is 18.5 Å². The van der Waals surface area contributed by atoms with Crippen LogP contribution in [0, 0.1) is 20.8 Å². The van der Waals surface area contributed by atoms with Crippen molar-refractivity contribution in [2.24, 2.45) is 0 Å². The molecule has 110 valence electrons. The van der Waals surface area contributed by atoms with E-state index in [1.165, 1.54) is 22.3 Å². The van der Waals surface area contributed by atoms with Gasteiger partial charge in [0.2, 0.25) is 5.91 Å². The van der Waals surface area contributed by atoms with Crippen LogP contribution in [0.25, 0.3) is 0 Å². The lowest BCUT2D eigenvalue weighted by atomic mass is 10.0. The fourth-order valence-corrected chi connectivity index (χ4v) is 2.34.